The minimum atomic E-state index is 0.690. The van der Waals surface area contributed by atoms with E-state index in [-0.39, 0.29) is 0 Å². The monoisotopic (exact) mass is 263 g/mol. The molecule has 2 heterocycles. The molecule has 0 aliphatic carbocycles. The fraction of sp³-hybridized carbons (Fsp3) is 0.308. The van der Waals surface area contributed by atoms with Crippen molar-refractivity contribution >= 4 is 11.6 Å². The van der Waals surface area contributed by atoms with Crippen LogP contribution in [0, 0.1) is 0 Å². The Labute approximate surface area is 111 Å². The Morgan fingerprint density at radius 2 is 2.28 bits per heavy atom. The molecule has 1 N–H and O–H groups in total. The van der Waals surface area contributed by atoms with Crippen LogP contribution in [-0.4, -0.2) is 23.4 Å². The third kappa shape index (κ3) is 1.87. The lowest BCUT2D eigenvalue weighted by Gasteiger charge is -2.16. The molecular weight excluding hydrogens is 250 g/mol. The van der Waals surface area contributed by atoms with Crippen LogP contribution in [0.2, 0.25) is 5.02 Å². The van der Waals surface area contributed by atoms with Gasteiger partial charge < -0.3 is 10.1 Å². The highest BCUT2D eigenvalue weighted by Crippen LogP contribution is 2.33. The Morgan fingerprint density at radius 3 is 3.06 bits per heavy atom. The maximum Gasteiger partial charge on any atom is 0.120 e. The van der Waals surface area contributed by atoms with Gasteiger partial charge in [0.15, 0.2) is 0 Å². The van der Waals surface area contributed by atoms with Crippen molar-refractivity contribution in [3.63, 3.8) is 0 Å². The number of nitrogens with zero attached hydrogens (tertiary/aromatic N) is 2. The van der Waals surface area contributed by atoms with Gasteiger partial charge in [0.05, 0.1) is 30.6 Å². The van der Waals surface area contributed by atoms with Crippen LogP contribution < -0.4 is 10.1 Å². The zero-order valence-corrected chi connectivity index (χ0v) is 10.9. The molecule has 0 atom stereocenters. The summed E-state index contributed by atoms with van der Waals surface area (Å²) in [4.78, 5) is 0. The molecule has 0 saturated heterocycles. The van der Waals surface area contributed by atoms with E-state index < -0.39 is 0 Å². The molecule has 18 heavy (non-hydrogen) atoms. The van der Waals surface area contributed by atoms with Crippen LogP contribution in [0.1, 0.15) is 5.69 Å². The first-order valence-electron chi connectivity index (χ1n) is 5.89. The average Bonchev–Trinajstić information content (AvgIpc) is 2.82. The zero-order chi connectivity index (χ0) is 12.5. The van der Waals surface area contributed by atoms with Crippen molar-refractivity contribution in [3.8, 4) is 16.9 Å². The van der Waals surface area contributed by atoms with E-state index >= 15 is 0 Å². The van der Waals surface area contributed by atoms with Crippen molar-refractivity contribution < 1.29 is 4.74 Å². The Balaban J connectivity index is 2.07. The van der Waals surface area contributed by atoms with Crippen LogP contribution in [0.3, 0.4) is 0 Å². The number of ether oxygens (including phenoxy) is 1. The van der Waals surface area contributed by atoms with Gasteiger partial charge in [-0.2, -0.15) is 5.10 Å². The summed E-state index contributed by atoms with van der Waals surface area (Å²) in [6, 6.07) is 5.73. The summed E-state index contributed by atoms with van der Waals surface area (Å²) < 4.78 is 7.20. The number of aromatic nitrogens is 2. The Morgan fingerprint density at radius 1 is 1.39 bits per heavy atom. The predicted octanol–water partition coefficient (Wildman–Crippen LogP) is 2.32. The number of hydrogen-bond acceptors (Lipinski definition) is 3. The van der Waals surface area contributed by atoms with E-state index in [1.807, 2.05) is 29.1 Å². The van der Waals surface area contributed by atoms with Crippen molar-refractivity contribution in [2.75, 3.05) is 13.7 Å². The first-order valence-corrected chi connectivity index (χ1v) is 6.26. The average molecular weight is 264 g/mol. The second-order valence-electron chi connectivity index (χ2n) is 4.25. The highest BCUT2D eigenvalue weighted by Gasteiger charge is 2.17. The van der Waals surface area contributed by atoms with Gasteiger partial charge in [-0.25, -0.2) is 0 Å². The number of fused-ring (bicyclic) bond motifs is 1. The number of rotatable bonds is 2. The minimum Gasteiger partial charge on any atom is -0.497 e. The molecule has 0 fully saturated rings. The normalized spacial score (nSPS) is 14.3. The van der Waals surface area contributed by atoms with Gasteiger partial charge in [-0.1, -0.05) is 11.6 Å². The van der Waals surface area contributed by atoms with Gasteiger partial charge in [0.1, 0.15) is 5.75 Å². The predicted molar refractivity (Wildman–Crippen MR) is 70.9 cm³/mol. The SMILES string of the molecule is COc1ccc(-c2cnn3c2CNCC3)c(Cl)c1. The topological polar surface area (TPSA) is 39.1 Å². The molecule has 0 radical (unpaired) electrons. The molecule has 94 valence electrons. The molecule has 0 spiro atoms. The third-order valence-electron chi connectivity index (χ3n) is 3.21. The Kier molecular flexibility index (Phi) is 2.97. The van der Waals surface area contributed by atoms with Gasteiger partial charge in [-0.05, 0) is 18.2 Å². The molecule has 4 nitrogen and oxygen atoms in total. The molecule has 0 amide bonds. The number of nitrogens with one attached hydrogen (secondary N) is 1. The van der Waals surface area contributed by atoms with Crippen molar-refractivity contribution in [1.29, 1.82) is 0 Å². The Bertz CT molecular complexity index is 580. The fourth-order valence-corrected chi connectivity index (χ4v) is 2.52. The lowest BCUT2D eigenvalue weighted by Crippen LogP contribution is -2.28. The molecule has 1 aromatic heterocycles. The number of halogens is 1. The van der Waals surface area contributed by atoms with E-state index in [9.17, 15) is 0 Å². The second-order valence-corrected chi connectivity index (χ2v) is 4.66. The molecule has 0 bridgehead atoms. The summed E-state index contributed by atoms with van der Waals surface area (Å²) in [5.41, 5.74) is 3.28. The maximum atomic E-state index is 6.30. The standard InChI is InChI=1S/C13H14ClN3O/c1-18-9-2-3-10(12(14)6-9)11-7-16-17-5-4-15-8-13(11)17/h2-3,6-7,15H,4-5,8H2,1H3. The van der Waals surface area contributed by atoms with E-state index in [0.717, 1.165) is 36.5 Å². The summed E-state index contributed by atoms with van der Waals surface area (Å²) in [6.07, 6.45) is 1.88. The van der Waals surface area contributed by atoms with E-state index in [0.29, 0.717) is 5.02 Å². The highest BCUT2D eigenvalue weighted by molar-refractivity contribution is 6.33. The lowest BCUT2D eigenvalue weighted by molar-refractivity contribution is 0.415. The number of benzene rings is 1. The number of hydrogen-bond donors (Lipinski definition) is 1. The summed E-state index contributed by atoms with van der Waals surface area (Å²) >= 11 is 6.30. The summed E-state index contributed by atoms with van der Waals surface area (Å²) in [5.74, 6) is 0.767. The van der Waals surface area contributed by atoms with Gasteiger partial charge >= 0.3 is 0 Å². The minimum absolute atomic E-state index is 0.690. The molecule has 1 aliphatic rings. The van der Waals surface area contributed by atoms with Crippen molar-refractivity contribution in [2.45, 2.75) is 13.1 Å². The molecule has 0 unspecified atom stereocenters. The van der Waals surface area contributed by atoms with E-state index in [4.69, 9.17) is 16.3 Å². The quantitative estimate of drug-likeness (QED) is 0.904. The van der Waals surface area contributed by atoms with E-state index in [1.54, 1.807) is 7.11 Å². The molecule has 1 aromatic carbocycles. The maximum absolute atomic E-state index is 6.30. The van der Waals surface area contributed by atoms with Crippen LogP contribution >= 0.6 is 11.6 Å². The molecule has 0 saturated carbocycles. The molecule has 2 aromatic rings. The van der Waals surface area contributed by atoms with Gasteiger partial charge in [-0.15, -0.1) is 0 Å². The third-order valence-corrected chi connectivity index (χ3v) is 3.52. The molecule has 1 aliphatic heterocycles. The number of methoxy groups -OCH3 is 1. The van der Waals surface area contributed by atoms with Crippen LogP contribution in [0.4, 0.5) is 0 Å². The Hall–Kier alpha value is -1.52. The molecule has 5 heteroatoms. The van der Waals surface area contributed by atoms with Gasteiger partial charge in [-0.3, -0.25) is 4.68 Å². The second kappa shape index (κ2) is 4.63. The summed E-state index contributed by atoms with van der Waals surface area (Å²) in [6.45, 7) is 2.70. The van der Waals surface area contributed by atoms with Crippen LogP contribution in [0.5, 0.6) is 5.75 Å². The molecule has 3 rings (SSSR count). The van der Waals surface area contributed by atoms with Crippen molar-refractivity contribution in [1.82, 2.24) is 15.1 Å². The highest BCUT2D eigenvalue weighted by atomic mass is 35.5. The van der Waals surface area contributed by atoms with Gasteiger partial charge in [0.25, 0.3) is 0 Å². The van der Waals surface area contributed by atoms with Crippen molar-refractivity contribution in [2.24, 2.45) is 0 Å². The lowest BCUT2D eigenvalue weighted by atomic mass is 10.1. The first-order chi connectivity index (χ1) is 8.79. The van der Waals surface area contributed by atoms with Crippen LogP contribution in [-0.2, 0) is 13.1 Å². The summed E-state index contributed by atoms with van der Waals surface area (Å²) in [7, 11) is 1.64. The van der Waals surface area contributed by atoms with E-state index in [2.05, 4.69) is 10.4 Å². The van der Waals surface area contributed by atoms with Crippen LogP contribution in [0.15, 0.2) is 24.4 Å². The largest absolute Gasteiger partial charge is 0.497 e. The van der Waals surface area contributed by atoms with E-state index in [1.165, 1.54) is 5.69 Å². The fourth-order valence-electron chi connectivity index (χ4n) is 2.25. The van der Waals surface area contributed by atoms with Crippen molar-refractivity contribution in [3.05, 3.63) is 35.1 Å². The smallest absolute Gasteiger partial charge is 0.120 e. The zero-order valence-electron chi connectivity index (χ0n) is 10.1. The first kappa shape index (κ1) is 11.6. The molecular formula is C13H14ClN3O. The van der Waals surface area contributed by atoms with Gasteiger partial charge in [0.2, 0.25) is 0 Å². The van der Waals surface area contributed by atoms with Gasteiger partial charge in [0, 0.05) is 24.2 Å². The van der Waals surface area contributed by atoms with Crippen LogP contribution in [0.25, 0.3) is 11.1 Å². The summed E-state index contributed by atoms with van der Waals surface area (Å²) in [5, 5.41) is 8.44.